The van der Waals surface area contributed by atoms with Gasteiger partial charge in [-0.25, -0.2) is 8.42 Å². The molecule has 2 amide bonds. The fourth-order valence-corrected chi connectivity index (χ4v) is 4.72. The number of hydrogen-bond acceptors (Lipinski definition) is 6. The van der Waals surface area contributed by atoms with E-state index < -0.39 is 28.1 Å². The van der Waals surface area contributed by atoms with Crippen LogP contribution in [-0.2, 0) is 24.3 Å². The van der Waals surface area contributed by atoms with Gasteiger partial charge in [0.2, 0.25) is 10.0 Å². The number of nitrogens with zero attached hydrogens (tertiary/aromatic N) is 1. The van der Waals surface area contributed by atoms with E-state index in [1.54, 1.807) is 19.1 Å². The van der Waals surface area contributed by atoms with E-state index in [1.807, 2.05) is 13.8 Å². The molecule has 2 N–H and O–H groups in total. The molecule has 30 heavy (non-hydrogen) atoms. The highest BCUT2D eigenvalue weighted by Crippen LogP contribution is 2.26. The van der Waals surface area contributed by atoms with E-state index in [0.717, 1.165) is 6.42 Å². The van der Waals surface area contributed by atoms with Crippen LogP contribution in [0.4, 0.5) is 0 Å². The number of sulfonamides is 1. The average molecular weight is 442 g/mol. The zero-order valence-corrected chi connectivity index (χ0v) is 18.8. The molecule has 0 radical (unpaired) electrons. The number of hydrogen-bond donors (Lipinski definition) is 2. The molecule has 168 valence electrons. The minimum absolute atomic E-state index is 0.119. The van der Waals surface area contributed by atoms with Crippen LogP contribution in [0.1, 0.15) is 32.3 Å². The Balaban J connectivity index is 2.04. The Hall–Kier alpha value is -2.17. The van der Waals surface area contributed by atoms with E-state index >= 15 is 0 Å². The predicted octanol–water partition coefficient (Wildman–Crippen LogP) is 1.02. The van der Waals surface area contributed by atoms with Gasteiger partial charge in [0.25, 0.3) is 0 Å². The van der Waals surface area contributed by atoms with Crippen molar-refractivity contribution < 1.29 is 27.5 Å². The second-order valence-corrected chi connectivity index (χ2v) is 9.47. The number of rotatable bonds is 8. The molecule has 10 heteroatoms. The molecule has 1 atom stereocenters. The SMILES string of the molecule is COc1ccc(S(=O)(=O)N2CCCO[C@H]2CNC(=O)C(=O)NCCC(C)C)cc1C. The Kier molecular flexibility index (Phi) is 8.63. The molecule has 0 spiro atoms. The van der Waals surface area contributed by atoms with E-state index in [0.29, 0.717) is 36.8 Å². The second-order valence-electron chi connectivity index (χ2n) is 7.57. The molecule has 1 aromatic carbocycles. The lowest BCUT2D eigenvalue weighted by molar-refractivity contribution is -0.140. The molecule has 1 heterocycles. The maximum Gasteiger partial charge on any atom is 0.309 e. The van der Waals surface area contributed by atoms with Gasteiger partial charge in [0.15, 0.2) is 0 Å². The monoisotopic (exact) mass is 441 g/mol. The highest BCUT2D eigenvalue weighted by molar-refractivity contribution is 7.89. The van der Waals surface area contributed by atoms with Gasteiger partial charge in [0, 0.05) is 13.1 Å². The number of amides is 2. The topological polar surface area (TPSA) is 114 Å². The Bertz CT molecular complexity index is 856. The molecule has 1 aliphatic rings. The summed E-state index contributed by atoms with van der Waals surface area (Å²) in [5, 5.41) is 5.02. The van der Waals surface area contributed by atoms with E-state index in [9.17, 15) is 18.0 Å². The third-order valence-corrected chi connectivity index (χ3v) is 6.66. The van der Waals surface area contributed by atoms with Gasteiger partial charge in [-0.15, -0.1) is 0 Å². The quantitative estimate of drug-likeness (QED) is 0.582. The summed E-state index contributed by atoms with van der Waals surface area (Å²) >= 11 is 0. The maximum atomic E-state index is 13.1. The summed E-state index contributed by atoms with van der Waals surface area (Å²) in [6.07, 6.45) is 0.408. The van der Waals surface area contributed by atoms with Crippen LogP contribution < -0.4 is 15.4 Å². The van der Waals surface area contributed by atoms with Crippen molar-refractivity contribution in [1.29, 1.82) is 0 Å². The number of carbonyl (C=O) groups is 2. The molecular formula is C20H31N3O6S. The van der Waals surface area contributed by atoms with Crippen LogP contribution in [0.15, 0.2) is 23.1 Å². The van der Waals surface area contributed by atoms with Crippen molar-refractivity contribution in [2.45, 2.75) is 44.7 Å². The lowest BCUT2D eigenvalue weighted by Gasteiger charge is -2.34. The molecule has 1 aliphatic heterocycles. The highest BCUT2D eigenvalue weighted by atomic mass is 32.2. The smallest absolute Gasteiger partial charge is 0.309 e. The molecule has 0 aliphatic carbocycles. The Labute approximate surface area is 178 Å². The predicted molar refractivity (Wildman–Crippen MR) is 111 cm³/mol. The standard InChI is InChI=1S/C20H31N3O6S/c1-14(2)8-9-21-19(24)20(25)22-13-18-23(10-5-11-29-18)30(26,27)16-6-7-17(28-4)15(3)12-16/h6-7,12,14,18H,5,8-11,13H2,1-4H3,(H,21,24)(H,22,25)/t18-/m0/s1. The molecular weight excluding hydrogens is 410 g/mol. The fourth-order valence-electron chi connectivity index (χ4n) is 3.06. The number of aryl methyl sites for hydroxylation is 1. The molecule has 0 unspecified atom stereocenters. The number of methoxy groups -OCH3 is 1. The first-order valence-corrected chi connectivity index (χ1v) is 11.4. The first kappa shape index (κ1) is 24.1. The number of nitrogens with one attached hydrogen (secondary N) is 2. The summed E-state index contributed by atoms with van der Waals surface area (Å²) in [5.74, 6) is -0.558. The van der Waals surface area contributed by atoms with Gasteiger partial charge in [-0.2, -0.15) is 4.31 Å². The van der Waals surface area contributed by atoms with Gasteiger partial charge >= 0.3 is 11.8 Å². The van der Waals surface area contributed by atoms with Crippen molar-refractivity contribution in [1.82, 2.24) is 14.9 Å². The van der Waals surface area contributed by atoms with Crippen LogP contribution in [0, 0.1) is 12.8 Å². The first-order chi connectivity index (χ1) is 14.2. The second kappa shape index (κ2) is 10.7. The van der Waals surface area contributed by atoms with E-state index in [-0.39, 0.29) is 18.0 Å². The molecule has 1 saturated heterocycles. The number of benzene rings is 1. The van der Waals surface area contributed by atoms with E-state index in [2.05, 4.69) is 10.6 Å². The summed E-state index contributed by atoms with van der Waals surface area (Å²) in [7, 11) is -2.33. The van der Waals surface area contributed by atoms with Crippen molar-refractivity contribution in [2.75, 3.05) is 33.4 Å². The van der Waals surface area contributed by atoms with Crippen molar-refractivity contribution in [2.24, 2.45) is 5.92 Å². The Morgan fingerprint density at radius 3 is 2.60 bits per heavy atom. The maximum absolute atomic E-state index is 13.1. The fraction of sp³-hybridized carbons (Fsp3) is 0.600. The normalized spacial score (nSPS) is 17.6. The summed E-state index contributed by atoms with van der Waals surface area (Å²) in [4.78, 5) is 24.0. The van der Waals surface area contributed by atoms with Crippen LogP contribution in [0.25, 0.3) is 0 Å². The number of carbonyl (C=O) groups excluding carboxylic acids is 2. The molecule has 0 saturated carbocycles. The highest BCUT2D eigenvalue weighted by Gasteiger charge is 2.35. The summed E-state index contributed by atoms with van der Waals surface area (Å²) in [5.41, 5.74) is 0.694. The number of ether oxygens (including phenoxy) is 2. The van der Waals surface area contributed by atoms with Gasteiger partial charge in [0.1, 0.15) is 12.0 Å². The van der Waals surface area contributed by atoms with Crippen molar-refractivity contribution in [3.63, 3.8) is 0 Å². The van der Waals surface area contributed by atoms with Gasteiger partial charge in [-0.3, -0.25) is 9.59 Å². The van der Waals surface area contributed by atoms with Gasteiger partial charge in [0.05, 0.1) is 25.2 Å². The van der Waals surface area contributed by atoms with Crippen molar-refractivity contribution in [3.8, 4) is 5.75 Å². The van der Waals surface area contributed by atoms with Gasteiger partial charge in [-0.05, 0) is 49.4 Å². The van der Waals surface area contributed by atoms with Crippen molar-refractivity contribution in [3.05, 3.63) is 23.8 Å². The molecule has 1 aromatic rings. The zero-order valence-electron chi connectivity index (χ0n) is 17.9. The summed E-state index contributed by atoms with van der Waals surface area (Å²) in [6.45, 7) is 6.72. The molecule has 9 nitrogen and oxygen atoms in total. The van der Waals surface area contributed by atoms with Crippen LogP contribution in [0.3, 0.4) is 0 Å². The third-order valence-electron chi connectivity index (χ3n) is 4.78. The lowest BCUT2D eigenvalue weighted by atomic mass is 10.1. The van der Waals surface area contributed by atoms with E-state index in [1.165, 1.54) is 17.5 Å². The van der Waals surface area contributed by atoms with Gasteiger partial charge < -0.3 is 20.1 Å². The zero-order chi connectivity index (χ0) is 22.3. The van der Waals surface area contributed by atoms with Crippen LogP contribution in [0.2, 0.25) is 0 Å². The summed E-state index contributed by atoms with van der Waals surface area (Å²) < 4.78 is 38.3. The third kappa shape index (κ3) is 6.16. The van der Waals surface area contributed by atoms with Gasteiger partial charge in [-0.1, -0.05) is 13.8 Å². The molecule has 0 bridgehead atoms. The Morgan fingerprint density at radius 2 is 1.97 bits per heavy atom. The Morgan fingerprint density at radius 1 is 1.27 bits per heavy atom. The molecule has 0 aromatic heterocycles. The van der Waals surface area contributed by atoms with Crippen LogP contribution in [-0.4, -0.2) is 64.1 Å². The van der Waals surface area contributed by atoms with E-state index in [4.69, 9.17) is 9.47 Å². The van der Waals surface area contributed by atoms with Crippen LogP contribution in [0.5, 0.6) is 5.75 Å². The average Bonchev–Trinajstić information content (AvgIpc) is 2.71. The van der Waals surface area contributed by atoms with Crippen LogP contribution >= 0.6 is 0 Å². The molecule has 2 rings (SSSR count). The van der Waals surface area contributed by atoms with Crippen molar-refractivity contribution >= 4 is 21.8 Å². The minimum Gasteiger partial charge on any atom is -0.496 e. The minimum atomic E-state index is -3.85. The first-order valence-electron chi connectivity index (χ1n) is 10.0. The lowest BCUT2D eigenvalue weighted by Crippen LogP contribution is -2.53. The molecule has 1 fully saturated rings. The largest absolute Gasteiger partial charge is 0.496 e. The summed E-state index contributed by atoms with van der Waals surface area (Å²) in [6, 6.07) is 4.62.